The number of nitrogens with one attached hydrogen (secondary N) is 1. The van der Waals surface area contributed by atoms with Gasteiger partial charge in [-0.15, -0.1) is 0 Å². The maximum Gasteiger partial charge on any atom is 0.265 e. The number of rotatable bonds is 5. The average Bonchev–Trinajstić information content (AvgIpc) is 2.49. The number of carbonyl (C=O) groups is 1. The van der Waals surface area contributed by atoms with E-state index in [1.807, 2.05) is 37.3 Å². The van der Waals surface area contributed by atoms with E-state index >= 15 is 0 Å². The molecule has 1 atom stereocenters. The highest BCUT2D eigenvalue weighted by molar-refractivity contribution is 9.10. The third kappa shape index (κ3) is 4.83. The first-order chi connectivity index (χ1) is 10.9. The Kier molecular flexibility index (Phi) is 5.83. The molecule has 1 N–H and O–H groups in total. The van der Waals surface area contributed by atoms with E-state index < -0.39 is 6.10 Å². The highest BCUT2D eigenvalue weighted by Gasteiger charge is 2.17. The fraction of sp³-hybridized carbons (Fsp3) is 0.316. The van der Waals surface area contributed by atoms with Gasteiger partial charge in [0.15, 0.2) is 6.10 Å². The molecule has 3 nitrogen and oxygen atoms in total. The van der Waals surface area contributed by atoms with Gasteiger partial charge in [-0.2, -0.15) is 0 Å². The summed E-state index contributed by atoms with van der Waals surface area (Å²) in [5, 5.41) is 2.87. The zero-order valence-electron chi connectivity index (χ0n) is 13.9. The molecule has 4 heteroatoms. The SMILES string of the molecule is Cc1ccc(C(C)C)c(OC(C)C(=O)Nc2ccc(Br)cc2)c1. The van der Waals surface area contributed by atoms with Crippen molar-refractivity contribution < 1.29 is 9.53 Å². The van der Waals surface area contributed by atoms with E-state index in [0.29, 0.717) is 5.92 Å². The summed E-state index contributed by atoms with van der Waals surface area (Å²) in [6.45, 7) is 8.01. The zero-order valence-corrected chi connectivity index (χ0v) is 15.5. The summed E-state index contributed by atoms with van der Waals surface area (Å²) in [5.74, 6) is 0.953. The molecule has 2 rings (SSSR count). The van der Waals surface area contributed by atoms with Crippen molar-refractivity contribution in [1.82, 2.24) is 0 Å². The lowest BCUT2D eigenvalue weighted by Gasteiger charge is -2.19. The number of amides is 1. The summed E-state index contributed by atoms with van der Waals surface area (Å²) in [7, 11) is 0. The molecular weight excluding hydrogens is 354 g/mol. The number of aryl methyl sites for hydroxylation is 1. The van der Waals surface area contributed by atoms with Crippen LogP contribution in [0.5, 0.6) is 5.75 Å². The van der Waals surface area contributed by atoms with E-state index in [9.17, 15) is 4.79 Å². The van der Waals surface area contributed by atoms with Crippen molar-refractivity contribution in [2.45, 2.75) is 39.7 Å². The Balaban J connectivity index is 2.09. The molecule has 0 aliphatic heterocycles. The lowest BCUT2D eigenvalue weighted by Crippen LogP contribution is -2.30. The summed E-state index contributed by atoms with van der Waals surface area (Å²) in [6.07, 6.45) is -0.571. The number of carbonyl (C=O) groups excluding carboxylic acids is 1. The number of ether oxygens (including phenoxy) is 1. The Labute approximate surface area is 146 Å². The van der Waals surface area contributed by atoms with Gasteiger partial charge in [-0.25, -0.2) is 0 Å². The molecule has 0 saturated heterocycles. The second-order valence-corrected chi connectivity index (χ2v) is 6.87. The molecular formula is C19H22BrNO2. The molecule has 0 radical (unpaired) electrons. The van der Waals surface area contributed by atoms with Gasteiger partial charge in [0, 0.05) is 10.2 Å². The minimum absolute atomic E-state index is 0.163. The normalized spacial score (nSPS) is 12.1. The van der Waals surface area contributed by atoms with Crippen LogP contribution in [0.15, 0.2) is 46.9 Å². The lowest BCUT2D eigenvalue weighted by atomic mass is 10.0. The van der Waals surface area contributed by atoms with Crippen molar-refractivity contribution in [1.29, 1.82) is 0 Å². The molecule has 2 aromatic rings. The maximum absolute atomic E-state index is 12.3. The monoisotopic (exact) mass is 375 g/mol. The van der Waals surface area contributed by atoms with Gasteiger partial charge in [0.25, 0.3) is 5.91 Å². The van der Waals surface area contributed by atoms with Crippen LogP contribution < -0.4 is 10.1 Å². The minimum atomic E-state index is -0.571. The summed E-state index contributed by atoms with van der Waals surface area (Å²) in [5.41, 5.74) is 2.98. The zero-order chi connectivity index (χ0) is 17.0. The molecule has 2 aromatic carbocycles. The van der Waals surface area contributed by atoms with Crippen molar-refractivity contribution in [2.75, 3.05) is 5.32 Å². The Bertz CT molecular complexity index is 680. The molecule has 0 saturated carbocycles. The van der Waals surface area contributed by atoms with Crippen molar-refractivity contribution in [3.8, 4) is 5.75 Å². The number of hydrogen-bond donors (Lipinski definition) is 1. The lowest BCUT2D eigenvalue weighted by molar-refractivity contribution is -0.122. The third-order valence-electron chi connectivity index (χ3n) is 3.58. The first kappa shape index (κ1) is 17.5. The van der Waals surface area contributed by atoms with E-state index in [4.69, 9.17) is 4.74 Å². The van der Waals surface area contributed by atoms with E-state index in [0.717, 1.165) is 27.0 Å². The number of anilines is 1. The summed E-state index contributed by atoms with van der Waals surface area (Å²) in [4.78, 5) is 12.3. The smallest absolute Gasteiger partial charge is 0.265 e. The van der Waals surface area contributed by atoms with Gasteiger partial charge in [0.2, 0.25) is 0 Å². The van der Waals surface area contributed by atoms with E-state index in [1.165, 1.54) is 0 Å². The predicted molar refractivity (Wildman–Crippen MR) is 98.1 cm³/mol. The van der Waals surface area contributed by atoms with E-state index in [2.05, 4.69) is 47.2 Å². The van der Waals surface area contributed by atoms with Crippen LogP contribution in [0, 0.1) is 6.92 Å². The Hall–Kier alpha value is -1.81. The molecule has 0 spiro atoms. The van der Waals surface area contributed by atoms with Crippen LogP contribution in [0.1, 0.15) is 37.8 Å². The van der Waals surface area contributed by atoms with Crippen molar-refractivity contribution in [3.63, 3.8) is 0 Å². The van der Waals surface area contributed by atoms with Crippen LogP contribution in [-0.4, -0.2) is 12.0 Å². The van der Waals surface area contributed by atoms with Crippen LogP contribution in [0.2, 0.25) is 0 Å². The van der Waals surface area contributed by atoms with E-state index in [1.54, 1.807) is 6.92 Å². The van der Waals surface area contributed by atoms with E-state index in [-0.39, 0.29) is 5.91 Å². The predicted octanol–water partition coefficient (Wildman–Crippen LogP) is 5.29. The number of benzene rings is 2. The number of halogens is 1. The molecule has 0 aliphatic rings. The molecule has 0 aliphatic carbocycles. The van der Waals surface area contributed by atoms with Crippen LogP contribution in [0.25, 0.3) is 0 Å². The van der Waals surface area contributed by atoms with Gasteiger partial charge in [-0.1, -0.05) is 41.9 Å². The van der Waals surface area contributed by atoms with Gasteiger partial charge < -0.3 is 10.1 Å². The average molecular weight is 376 g/mol. The molecule has 0 fully saturated rings. The summed E-state index contributed by atoms with van der Waals surface area (Å²) < 4.78 is 6.90. The van der Waals surface area contributed by atoms with Gasteiger partial charge in [0.05, 0.1) is 0 Å². The first-order valence-corrected chi connectivity index (χ1v) is 8.49. The molecule has 122 valence electrons. The molecule has 0 heterocycles. The fourth-order valence-corrected chi connectivity index (χ4v) is 2.51. The standard InChI is InChI=1S/C19H22BrNO2/c1-12(2)17-10-5-13(3)11-18(17)23-14(4)19(22)21-16-8-6-15(20)7-9-16/h5-12,14H,1-4H3,(H,21,22). The molecule has 0 bridgehead atoms. The molecule has 0 aromatic heterocycles. The van der Waals surface area contributed by atoms with Gasteiger partial charge >= 0.3 is 0 Å². The minimum Gasteiger partial charge on any atom is -0.481 e. The highest BCUT2D eigenvalue weighted by Crippen LogP contribution is 2.28. The van der Waals surface area contributed by atoms with Gasteiger partial charge in [-0.3, -0.25) is 4.79 Å². The third-order valence-corrected chi connectivity index (χ3v) is 4.10. The quantitative estimate of drug-likeness (QED) is 0.770. The molecule has 1 unspecified atom stereocenters. The maximum atomic E-state index is 12.3. The second-order valence-electron chi connectivity index (χ2n) is 5.95. The Morgan fingerprint density at radius 3 is 2.35 bits per heavy atom. The second kappa shape index (κ2) is 7.64. The first-order valence-electron chi connectivity index (χ1n) is 7.70. The largest absolute Gasteiger partial charge is 0.481 e. The van der Waals surface area contributed by atoms with Crippen LogP contribution in [0.3, 0.4) is 0 Å². The van der Waals surface area contributed by atoms with Crippen molar-refractivity contribution in [3.05, 3.63) is 58.1 Å². The Morgan fingerprint density at radius 1 is 1.09 bits per heavy atom. The highest BCUT2D eigenvalue weighted by atomic mass is 79.9. The van der Waals surface area contributed by atoms with Crippen LogP contribution in [0.4, 0.5) is 5.69 Å². The summed E-state index contributed by atoms with van der Waals surface area (Å²) >= 11 is 3.38. The molecule has 23 heavy (non-hydrogen) atoms. The topological polar surface area (TPSA) is 38.3 Å². The Morgan fingerprint density at radius 2 is 1.74 bits per heavy atom. The van der Waals surface area contributed by atoms with Crippen LogP contribution in [-0.2, 0) is 4.79 Å². The van der Waals surface area contributed by atoms with Crippen molar-refractivity contribution in [2.24, 2.45) is 0 Å². The van der Waals surface area contributed by atoms with Gasteiger partial charge in [0.1, 0.15) is 5.75 Å². The molecule has 1 amide bonds. The van der Waals surface area contributed by atoms with Gasteiger partial charge in [-0.05, 0) is 61.2 Å². The van der Waals surface area contributed by atoms with Crippen LogP contribution >= 0.6 is 15.9 Å². The number of hydrogen-bond acceptors (Lipinski definition) is 2. The van der Waals surface area contributed by atoms with Crippen molar-refractivity contribution >= 4 is 27.5 Å². The fourth-order valence-electron chi connectivity index (χ4n) is 2.24. The summed E-state index contributed by atoms with van der Waals surface area (Å²) in [6, 6.07) is 13.6.